The number of rotatable bonds is 2. The Labute approximate surface area is 99.3 Å². The van der Waals surface area contributed by atoms with Gasteiger partial charge in [-0.1, -0.05) is 12.1 Å². The minimum atomic E-state index is 0.151. The van der Waals surface area contributed by atoms with E-state index in [1.807, 2.05) is 6.07 Å². The van der Waals surface area contributed by atoms with Gasteiger partial charge in [-0.15, -0.1) is 0 Å². The Balaban J connectivity index is 2.37. The molecule has 0 aliphatic carbocycles. The molecule has 2 rings (SSSR count). The molecule has 0 fully saturated rings. The molecule has 0 radical (unpaired) electrons. The SMILES string of the molecule is Cc1cc(Nc2ccccc2O)c(N)cc1O. The maximum absolute atomic E-state index is 9.63. The summed E-state index contributed by atoms with van der Waals surface area (Å²) in [5.41, 5.74) is 8.16. The number of phenolic OH excluding ortho intramolecular Hbond substituents is 2. The summed E-state index contributed by atoms with van der Waals surface area (Å²) in [6.07, 6.45) is 0. The molecule has 2 aromatic rings. The monoisotopic (exact) mass is 230 g/mol. The van der Waals surface area contributed by atoms with Crippen LogP contribution in [0.25, 0.3) is 0 Å². The predicted molar refractivity (Wildman–Crippen MR) is 68.6 cm³/mol. The van der Waals surface area contributed by atoms with Gasteiger partial charge in [0.2, 0.25) is 0 Å². The fraction of sp³-hybridized carbons (Fsp3) is 0.0769. The second-order valence-electron chi connectivity index (χ2n) is 3.87. The van der Waals surface area contributed by atoms with Crippen LogP contribution < -0.4 is 11.1 Å². The molecular weight excluding hydrogens is 216 g/mol. The van der Waals surface area contributed by atoms with Gasteiger partial charge in [0.25, 0.3) is 0 Å². The standard InChI is InChI=1S/C13H14N2O2/c1-8-6-11(9(14)7-13(8)17)15-10-4-2-3-5-12(10)16/h2-7,15-17H,14H2,1H3. The highest BCUT2D eigenvalue weighted by molar-refractivity contribution is 5.77. The van der Waals surface area contributed by atoms with Gasteiger partial charge in [-0.3, -0.25) is 0 Å². The summed E-state index contributed by atoms with van der Waals surface area (Å²) < 4.78 is 0. The second-order valence-corrected chi connectivity index (χ2v) is 3.87. The van der Waals surface area contributed by atoms with E-state index in [9.17, 15) is 10.2 Å². The average Bonchev–Trinajstić information content (AvgIpc) is 2.29. The topological polar surface area (TPSA) is 78.5 Å². The predicted octanol–water partition coefficient (Wildman–Crippen LogP) is 2.73. The number of anilines is 3. The molecule has 0 saturated carbocycles. The Morgan fingerprint density at radius 1 is 1.00 bits per heavy atom. The number of aromatic hydroxyl groups is 2. The number of benzene rings is 2. The van der Waals surface area contributed by atoms with Crippen LogP contribution >= 0.6 is 0 Å². The lowest BCUT2D eigenvalue weighted by atomic mass is 10.1. The van der Waals surface area contributed by atoms with Crippen molar-refractivity contribution in [1.82, 2.24) is 0 Å². The van der Waals surface area contributed by atoms with Crippen LogP contribution in [0.15, 0.2) is 36.4 Å². The number of nitrogens with two attached hydrogens (primary N) is 1. The third-order valence-electron chi connectivity index (χ3n) is 2.54. The molecule has 0 heterocycles. The van der Waals surface area contributed by atoms with Crippen molar-refractivity contribution < 1.29 is 10.2 Å². The van der Waals surface area contributed by atoms with Gasteiger partial charge in [-0.05, 0) is 30.7 Å². The maximum atomic E-state index is 9.63. The molecular formula is C13H14N2O2. The molecule has 4 heteroatoms. The summed E-state index contributed by atoms with van der Waals surface area (Å²) in [5.74, 6) is 0.308. The summed E-state index contributed by atoms with van der Waals surface area (Å²) >= 11 is 0. The smallest absolute Gasteiger partial charge is 0.139 e. The van der Waals surface area contributed by atoms with E-state index in [2.05, 4.69) is 5.32 Å². The normalized spacial score (nSPS) is 10.2. The summed E-state index contributed by atoms with van der Waals surface area (Å²) in [6.45, 7) is 1.78. The minimum Gasteiger partial charge on any atom is -0.508 e. The molecule has 0 aliphatic rings. The summed E-state index contributed by atoms with van der Waals surface area (Å²) in [4.78, 5) is 0. The van der Waals surface area contributed by atoms with E-state index in [0.717, 1.165) is 5.56 Å². The van der Waals surface area contributed by atoms with Gasteiger partial charge in [-0.25, -0.2) is 0 Å². The first-order chi connectivity index (χ1) is 8.08. The zero-order valence-corrected chi connectivity index (χ0v) is 9.44. The molecule has 0 amide bonds. The molecule has 17 heavy (non-hydrogen) atoms. The summed E-state index contributed by atoms with van der Waals surface area (Å²) in [7, 11) is 0. The Kier molecular flexibility index (Phi) is 2.78. The van der Waals surface area contributed by atoms with Crippen molar-refractivity contribution in [2.24, 2.45) is 0 Å². The molecule has 0 unspecified atom stereocenters. The number of para-hydroxylation sites is 2. The zero-order chi connectivity index (χ0) is 12.4. The van der Waals surface area contributed by atoms with Crippen molar-refractivity contribution in [2.75, 3.05) is 11.1 Å². The summed E-state index contributed by atoms with van der Waals surface area (Å²) in [6, 6.07) is 10.1. The van der Waals surface area contributed by atoms with Crippen LogP contribution in [-0.4, -0.2) is 10.2 Å². The zero-order valence-electron chi connectivity index (χ0n) is 9.44. The molecule has 0 spiro atoms. The number of hydrogen-bond acceptors (Lipinski definition) is 4. The van der Waals surface area contributed by atoms with E-state index in [4.69, 9.17) is 5.73 Å². The quantitative estimate of drug-likeness (QED) is 0.363. The molecule has 0 aromatic heterocycles. The lowest BCUT2D eigenvalue weighted by Gasteiger charge is -2.12. The van der Waals surface area contributed by atoms with Crippen molar-refractivity contribution in [3.05, 3.63) is 42.0 Å². The van der Waals surface area contributed by atoms with Gasteiger partial charge in [-0.2, -0.15) is 0 Å². The summed E-state index contributed by atoms with van der Waals surface area (Å²) in [5, 5.41) is 22.1. The Morgan fingerprint density at radius 3 is 2.41 bits per heavy atom. The highest BCUT2D eigenvalue weighted by Gasteiger charge is 2.06. The second kappa shape index (κ2) is 4.25. The molecule has 0 aliphatic heterocycles. The van der Waals surface area contributed by atoms with Crippen LogP contribution in [0.2, 0.25) is 0 Å². The Morgan fingerprint density at radius 2 is 1.71 bits per heavy atom. The number of phenols is 2. The highest BCUT2D eigenvalue weighted by atomic mass is 16.3. The molecule has 5 N–H and O–H groups in total. The van der Waals surface area contributed by atoms with Gasteiger partial charge in [0.05, 0.1) is 17.1 Å². The van der Waals surface area contributed by atoms with E-state index in [1.54, 1.807) is 31.2 Å². The van der Waals surface area contributed by atoms with Gasteiger partial charge >= 0.3 is 0 Å². The third-order valence-corrected chi connectivity index (χ3v) is 2.54. The van der Waals surface area contributed by atoms with Crippen LogP contribution in [0.4, 0.5) is 17.1 Å². The molecule has 0 saturated heterocycles. The lowest BCUT2D eigenvalue weighted by molar-refractivity contribution is 0.471. The number of hydrogen-bond donors (Lipinski definition) is 4. The van der Waals surface area contributed by atoms with Crippen molar-refractivity contribution in [3.8, 4) is 11.5 Å². The van der Waals surface area contributed by atoms with Crippen molar-refractivity contribution in [3.63, 3.8) is 0 Å². The van der Waals surface area contributed by atoms with E-state index in [1.165, 1.54) is 6.07 Å². The van der Waals surface area contributed by atoms with E-state index < -0.39 is 0 Å². The maximum Gasteiger partial charge on any atom is 0.139 e. The largest absolute Gasteiger partial charge is 0.508 e. The lowest BCUT2D eigenvalue weighted by Crippen LogP contribution is -1.97. The molecule has 2 aromatic carbocycles. The Bertz CT molecular complexity index is 553. The highest BCUT2D eigenvalue weighted by Crippen LogP contribution is 2.32. The van der Waals surface area contributed by atoms with Crippen molar-refractivity contribution in [1.29, 1.82) is 0 Å². The van der Waals surface area contributed by atoms with Crippen LogP contribution in [0, 0.1) is 6.92 Å². The van der Waals surface area contributed by atoms with Crippen LogP contribution in [0.1, 0.15) is 5.56 Å². The first-order valence-electron chi connectivity index (χ1n) is 5.22. The first kappa shape index (κ1) is 11.1. The minimum absolute atomic E-state index is 0.151. The first-order valence-corrected chi connectivity index (χ1v) is 5.22. The van der Waals surface area contributed by atoms with Crippen LogP contribution in [-0.2, 0) is 0 Å². The van der Waals surface area contributed by atoms with E-state index in [0.29, 0.717) is 17.1 Å². The van der Waals surface area contributed by atoms with E-state index >= 15 is 0 Å². The average molecular weight is 230 g/mol. The fourth-order valence-corrected chi connectivity index (χ4v) is 1.55. The van der Waals surface area contributed by atoms with Crippen LogP contribution in [0.5, 0.6) is 11.5 Å². The van der Waals surface area contributed by atoms with Gasteiger partial charge in [0, 0.05) is 6.07 Å². The van der Waals surface area contributed by atoms with Gasteiger partial charge < -0.3 is 21.3 Å². The molecule has 0 bridgehead atoms. The number of nitrogen functional groups attached to an aromatic ring is 1. The Hall–Kier alpha value is -2.36. The number of nitrogens with one attached hydrogen (secondary N) is 1. The van der Waals surface area contributed by atoms with Crippen molar-refractivity contribution >= 4 is 17.1 Å². The van der Waals surface area contributed by atoms with E-state index in [-0.39, 0.29) is 11.5 Å². The number of aryl methyl sites for hydroxylation is 1. The fourth-order valence-electron chi connectivity index (χ4n) is 1.55. The van der Waals surface area contributed by atoms with Gasteiger partial charge in [0.15, 0.2) is 0 Å². The molecule has 4 nitrogen and oxygen atoms in total. The third kappa shape index (κ3) is 2.25. The van der Waals surface area contributed by atoms with Gasteiger partial charge in [0.1, 0.15) is 11.5 Å². The van der Waals surface area contributed by atoms with Crippen LogP contribution in [0.3, 0.4) is 0 Å². The van der Waals surface area contributed by atoms with Crippen molar-refractivity contribution in [2.45, 2.75) is 6.92 Å². The molecule has 88 valence electrons. The molecule has 0 atom stereocenters.